The predicted octanol–water partition coefficient (Wildman–Crippen LogP) is 6.08. The summed E-state index contributed by atoms with van der Waals surface area (Å²) in [5.41, 5.74) is 1.60. The van der Waals surface area contributed by atoms with Gasteiger partial charge in [-0.2, -0.15) is 0 Å². The van der Waals surface area contributed by atoms with E-state index in [9.17, 15) is 0 Å². The van der Waals surface area contributed by atoms with E-state index >= 15 is 0 Å². The predicted molar refractivity (Wildman–Crippen MR) is 130 cm³/mol. The summed E-state index contributed by atoms with van der Waals surface area (Å²) in [5.74, 6) is 0. The maximum atomic E-state index is 2.40. The highest BCUT2D eigenvalue weighted by atomic mass is 31.2. The van der Waals surface area contributed by atoms with E-state index in [1.54, 1.807) is 0 Å². The van der Waals surface area contributed by atoms with Crippen molar-refractivity contribution in [3.8, 4) is 0 Å². The largest absolute Gasteiger partial charge is 0.118 e. The third kappa shape index (κ3) is 3.95. The van der Waals surface area contributed by atoms with E-state index in [0.29, 0.717) is 5.66 Å². The van der Waals surface area contributed by atoms with Gasteiger partial charge < -0.3 is 0 Å². The number of hydrogen-bond acceptors (Lipinski definition) is 0. The van der Waals surface area contributed by atoms with Crippen molar-refractivity contribution < 1.29 is 0 Å². The van der Waals surface area contributed by atoms with Crippen molar-refractivity contribution in [2.24, 2.45) is 0 Å². The smallest absolute Gasteiger partial charge is 0.0622 e. The van der Waals surface area contributed by atoms with E-state index in [-0.39, 0.29) is 0 Å². The molecule has 0 aliphatic carbocycles. The van der Waals surface area contributed by atoms with Gasteiger partial charge in [0.1, 0.15) is 23.2 Å². The van der Waals surface area contributed by atoms with Gasteiger partial charge in [0, 0.05) is 0 Å². The number of hydrogen-bond donors (Lipinski definition) is 0. The van der Waals surface area contributed by atoms with Crippen molar-refractivity contribution in [2.75, 3.05) is 0 Å². The molecule has 0 fully saturated rings. The van der Waals surface area contributed by atoms with E-state index in [4.69, 9.17) is 0 Å². The quantitative estimate of drug-likeness (QED) is 0.348. The van der Waals surface area contributed by atoms with E-state index in [1.165, 1.54) is 21.5 Å². The van der Waals surface area contributed by atoms with Crippen LogP contribution in [0.25, 0.3) is 6.08 Å². The molecule has 0 saturated heterocycles. The molecule has 0 radical (unpaired) electrons. The van der Waals surface area contributed by atoms with Crippen molar-refractivity contribution >= 4 is 29.3 Å². The van der Waals surface area contributed by atoms with Gasteiger partial charge in [-0.1, -0.05) is 91.0 Å². The molecule has 0 aromatic heterocycles. The molecule has 4 aromatic carbocycles. The highest BCUT2D eigenvalue weighted by molar-refractivity contribution is 7.96. The Morgan fingerprint density at radius 3 is 1.24 bits per heavy atom. The lowest BCUT2D eigenvalue weighted by Crippen LogP contribution is -2.36. The maximum Gasteiger partial charge on any atom is 0.118 e. The molecule has 0 aliphatic heterocycles. The van der Waals surface area contributed by atoms with E-state index < -0.39 is 7.26 Å². The number of rotatable bonds is 6. The second kappa shape index (κ2) is 9.03. The van der Waals surface area contributed by atoms with Crippen LogP contribution < -0.4 is 15.9 Å². The summed E-state index contributed by atoms with van der Waals surface area (Å²) in [4.78, 5) is 0. The van der Waals surface area contributed by atoms with Crippen molar-refractivity contribution in [1.29, 1.82) is 0 Å². The molecule has 1 unspecified atom stereocenters. The summed E-state index contributed by atoms with van der Waals surface area (Å²) in [6.07, 6.45) is 4.67. The Bertz CT molecular complexity index is 942. The zero-order chi connectivity index (χ0) is 19.9. The minimum Gasteiger partial charge on any atom is -0.0622 e. The molecule has 0 N–H and O–H groups in total. The van der Waals surface area contributed by atoms with Gasteiger partial charge in [0.05, 0.1) is 5.66 Å². The molecular weight excluding hydrogens is 367 g/mol. The molecule has 4 aromatic rings. The first kappa shape index (κ1) is 19.4. The van der Waals surface area contributed by atoms with Gasteiger partial charge >= 0.3 is 0 Å². The fourth-order valence-electron chi connectivity index (χ4n) is 4.09. The molecule has 0 amide bonds. The third-order valence-electron chi connectivity index (χ3n) is 5.47. The van der Waals surface area contributed by atoms with Crippen molar-refractivity contribution in [3.63, 3.8) is 0 Å². The van der Waals surface area contributed by atoms with Crippen LogP contribution in [0.1, 0.15) is 12.5 Å². The van der Waals surface area contributed by atoms with E-state index in [1.807, 2.05) is 0 Å². The first-order valence-corrected chi connectivity index (χ1v) is 12.0. The molecule has 0 heterocycles. The number of allylic oxidation sites excluding steroid dienone is 1. The lowest BCUT2D eigenvalue weighted by atomic mass is 10.2. The average molecular weight is 393 g/mol. The molecule has 142 valence electrons. The van der Waals surface area contributed by atoms with E-state index in [0.717, 1.165) is 0 Å². The minimum atomic E-state index is -1.87. The van der Waals surface area contributed by atoms with Crippen LogP contribution in [0.3, 0.4) is 0 Å². The molecule has 4 rings (SSSR count). The van der Waals surface area contributed by atoms with Crippen LogP contribution in [0, 0.1) is 0 Å². The summed E-state index contributed by atoms with van der Waals surface area (Å²) in [5, 5.41) is 4.26. The highest BCUT2D eigenvalue weighted by Crippen LogP contribution is 2.60. The fourth-order valence-corrected chi connectivity index (χ4v) is 8.66. The Kier molecular flexibility index (Phi) is 6.03. The van der Waals surface area contributed by atoms with Gasteiger partial charge in [-0.3, -0.25) is 0 Å². The Morgan fingerprint density at radius 1 is 0.517 bits per heavy atom. The van der Waals surface area contributed by atoms with Crippen molar-refractivity contribution in [1.82, 2.24) is 0 Å². The first-order valence-electron chi connectivity index (χ1n) is 10.1. The fraction of sp³-hybridized carbons (Fsp3) is 0.0714. The van der Waals surface area contributed by atoms with Crippen LogP contribution in [0.15, 0.2) is 127 Å². The van der Waals surface area contributed by atoms with E-state index in [2.05, 4.69) is 140 Å². The summed E-state index contributed by atoms with van der Waals surface area (Å²) < 4.78 is 0. The highest BCUT2D eigenvalue weighted by Gasteiger charge is 2.49. The summed E-state index contributed by atoms with van der Waals surface area (Å²) in [7, 11) is -1.87. The standard InChI is InChI=1S/C28H26P/c1-24(22-23-25-14-6-2-7-15-25)29(26-16-8-3-9-17-26,27-18-10-4-11-19-27)28-20-12-5-13-21-28/h2-24H,1H3/q+1/b23-22+. The topological polar surface area (TPSA) is 0 Å². The van der Waals surface area contributed by atoms with Crippen molar-refractivity contribution in [3.05, 3.63) is 133 Å². The molecule has 0 saturated carbocycles. The van der Waals surface area contributed by atoms with Gasteiger partial charge in [0.2, 0.25) is 0 Å². The molecule has 0 spiro atoms. The second-order valence-corrected chi connectivity index (χ2v) is 11.0. The van der Waals surface area contributed by atoms with Gasteiger partial charge in [0.15, 0.2) is 0 Å². The maximum absolute atomic E-state index is 2.40. The Balaban J connectivity index is 1.94. The second-order valence-electron chi connectivity index (χ2n) is 7.24. The van der Waals surface area contributed by atoms with Crippen LogP contribution >= 0.6 is 7.26 Å². The zero-order valence-corrected chi connectivity index (χ0v) is 17.6. The molecular formula is C28H26P+. The summed E-state index contributed by atoms with van der Waals surface area (Å²) in [6.45, 7) is 2.38. The molecule has 29 heavy (non-hydrogen) atoms. The average Bonchev–Trinajstić information content (AvgIpc) is 2.81. The van der Waals surface area contributed by atoms with Crippen LogP contribution in [0.5, 0.6) is 0 Å². The molecule has 0 nitrogen and oxygen atoms in total. The summed E-state index contributed by atoms with van der Waals surface area (Å²) in [6, 6.07) is 43.8. The molecule has 0 bridgehead atoms. The Morgan fingerprint density at radius 2 is 0.862 bits per heavy atom. The molecule has 1 heteroatoms. The van der Waals surface area contributed by atoms with Gasteiger partial charge in [-0.25, -0.2) is 0 Å². The van der Waals surface area contributed by atoms with Crippen LogP contribution in [-0.2, 0) is 0 Å². The number of benzene rings is 4. The Hall–Kier alpha value is -2.95. The lowest BCUT2D eigenvalue weighted by molar-refractivity contribution is 1.23. The minimum absolute atomic E-state index is 0.356. The molecule has 1 atom stereocenters. The third-order valence-corrected chi connectivity index (χ3v) is 10.2. The normalized spacial score (nSPS) is 12.7. The van der Waals surface area contributed by atoms with Gasteiger partial charge in [-0.05, 0) is 55.0 Å². The Labute approximate surface area is 174 Å². The van der Waals surface area contributed by atoms with Gasteiger partial charge in [-0.15, -0.1) is 0 Å². The SMILES string of the molecule is CC(/C=C/c1ccccc1)[P+](c1ccccc1)(c1ccccc1)c1ccccc1. The monoisotopic (exact) mass is 393 g/mol. The lowest BCUT2D eigenvalue weighted by Gasteiger charge is -2.31. The van der Waals surface area contributed by atoms with Crippen LogP contribution in [0.4, 0.5) is 0 Å². The summed E-state index contributed by atoms with van der Waals surface area (Å²) >= 11 is 0. The van der Waals surface area contributed by atoms with Crippen LogP contribution in [0.2, 0.25) is 0 Å². The first-order chi connectivity index (χ1) is 14.3. The zero-order valence-electron chi connectivity index (χ0n) is 16.7. The van der Waals surface area contributed by atoms with Crippen LogP contribution in [-0.4, -0.2) is 5.66 Å². The van der Waals surface area contributed by atoms with Gasteiger partial charge in [0.25, 0.3) is 0 Å². The molecule has 0 aliphatic rings. The van der Waals surface area contributed by atoms with Crippen molar-refractivity contribution in [2.45, 2.75) is 12.6 Å².